The number of hydrogen-bond acceptors (Lipinski definition) is 9. The monoisotopic (exact) mass is 445 g/mol. The highest BCUT2D eigenvalue weighted by Crippen LogP contribution is 2.32. The Bertz CT molecular complexity index is 1170. The van der Waals surface area contributed by atoms with Crippen molar-refractivity contribution in [2.24, 2.45) is 0 Å². The molecule has 3 aromatic rings. The molecule has 0 unspecified atom stereocenters. The van der Waals surface area contributed by atoms with Gasteiger partial charge in [-0.25, -0.2) is 14.3 Å². The third kappa shape index (κ3) is 4.71. The lowest BCUT2D eigenvalue weighted by Gasteiger charge is -2.10. The van der Waals surface area contributed by atoms with E-state index in [9.17, 15) is 14.4 Å². The molecule has 0 radical (unpaired) electrons. The highest BCUT2D eigenvalue weighted by Gasteiger charge is 2.22. The molecule has 31 heavy (non-hydrogen) atoms. The molecule has 3 aromatic heterocycles. The number of hydrogen-bond donors (Lipinski definition) is 1. The van der Waals surface area contributed by atoms with Gasteiger partial charge < -0.3 is 14.8 Å². The Morgan fingerprint density at radius 1 is 1.19 bits per heavy atom. The number of aryl methyl sites for hydroxylation is 3. The van der Waals surface area contributed by atoms with Crippen LogP contribution in [0.25, 0.3) is 5.78 Å². The van der Waals surface area contributed by atoms with E-state index in [0.29, 0.717) is 22.8 Å². The SMILES string of the molecule is COC(=O)c1c(NC(=O)COC(=O)CCc2c(C)nc3ncnn3c2C)sc(C)c1C. The van der Waals surface area contributed by atoms with Crippen LogP contribution in [0.3, 0.4) is 0 Å². The normalized spacial score (nSPS) is 10.9. The predicted octanol–water partition coefficient (Wildman–Crippen LogP) is 2.32. The number of methoxy groups -OCH3 is 1. The van der Waals surface area contributed by atoms with Crippen LogP contribution in [-0.2, 0) is 25.5 Å². The molecule has 11 heteroatoms. The van der Waals surface area contributed by atoms with Crippen LogP contribution in [0.2, 0.25) is 0 Å². The van der Waals surface area contributed by atoms with Crippen molar-refractivity contribution in [1.82, 2.24) is 19.6 Å². The number of amides is 1. The largest absolute Gasteiger partial charge is 0.465 e. The fourth-order valence-electron chi connectivity index (χ4n) is 3.19. The van der Waals surface area contributed by atoms with Crippen LogP contribution < -0.4 is 5.32 Å². The van der Waals surface area contributed by atoms with Crippen molar-refractivity contribution >= 4 is 40.0 Å². The molecule has 0 bridgehead atoms. The number of nitrogens with zero attached hydrogens (tertiary/aromatic N) is 4. The van der Waals surface area contributed by atoms with Gasteiger partial charge in [0.15, 0.2) is 6.61 Å². The molecule has 0 aliphatic heterocycles. The second kappa shape index (κ2) is 9.21. The second-order valence-electron chi connectivity index (χ2n) is 6.92. The van der Waals surface area contributed by atoms with E-state index < -0.39 is 24.5 Å². The maximum absolute atomic E-state index is 12.2. The van der Waals surface area contributed by atoms with E-state index >= 15 is 0 Å². The number of esters is 2. The number of fused-ring (bicyclic) bond motifs is 1. The van der Waals surface area contributed by atoms with Gasteiger partial charge in [-0.15, -0.1) is 11.3 Å². The van der Waals surface area contributed by atoms with Crippen LogP contribution in [0.5, 0.6) is 0 Å². The summed E-state index contributed by atoms with van der Waals surface area (Å²) < 4.78 is 11.5. The fraction of sp³-hybridized carbons (Fsp3) is 0.400. The molecule has 1 amide bonds. The van der Waals surface area contributed by atoms with Gasteiger partial charge in [0.25, 0.3) is 11.7 Å². The summed E-state index contributed by atoms with van der Waals surface area (Å²) in [5, 5.41) is 7.12. The Morgan fingerprint density at radius 3 is 2.65 bits per heavy atom. The summed E-state index contributed by atoms with van der Waals surface area (Å²) in [6.45, 7) is 6.91. The fourth-order valence-corrected chi connectivity index (χ4v) is 4.25. The minimum atomic E-state index is -0.530. The van der Waals surface area contributed by atoms with Gasteiger partial charge in [-0.2, -0.15) is 10.1 Å². The summed E-state index contributed by atoms with van der Waals surface area (Å²) in [5.41, 5.74) is 3.55. The van der Waals surface area contributed by atoms with Crippen LogP contribution >= 0.6 is 11.3 Å². The first-order valence-corrected chi connectivity index (χ1v) is 10.3. The molecule has 0 fully saturated rings. The van der Waals surface area contributed by atoms with Crippen LogP contribution in [0.15, 0.2) is 6.33 Å². The first-order chi connectivity index (χ1) is 14.7. The average Bonchev–Trinajstić information content (AvgIpc) is 3.30. The van der Waals surface area contributed by atoms with Gasteiger partial charge in [0, 0.05) is 22.7 Å². The Morgan fingerprint density at radius 2 is 1.94 bits per heavy atom. The number of rotatable bonds is 7. The van der Waals surface area contributed by atoms with Crippen LogP contribution in [0.4, 0.5) is 5.00 Å². The molecule has 3 heterocycles. The van der Waals surface area contributed by atoms with Gasteiger partial charge >= 0.3 is 11.9 Å². The van der Waals surface area contributed by atoms with Crippen molar-refractivity contribution in [1.29, 1.82) is 0 Å². The van der Waals surface area contributed by atoms with Crippen molar-refractivity contribution < 1.29 is 23.9 Å². The maximum Gasteiger partial charge on any atom is 0.341 e. The van der Waals surface area contributed by atoms with Crippen molar-refractivity contribution in [3.63, 3.8) is 0 Å². The quantitative estimate of drug-likeness (QED) is 0.549. The van der Waals surface area contributed by atoms with Gasteiger partial charge in [0.1, 0.15) is 11.3 Å². The van der Waals surface area contributed by atoms with E-state index in [4.69, 9.17) is 9.47 Å². The molecule has 0 aromatic carbocycles. The molecule has 1 N–H and O–H groups in total. The lowest BCUT2D eigenvalue weighted by molar-refractivity contribution is -0.147. The van der Waals surface area contributed by atoms with E-state index in [1.807, 2.05) is 20.8 Å². The van der Waals surface area contributed by atoms with Crippen molar-refractivity contribution in [2.75, 3.05) is 19.0 Å². The van der Waals surface area contributed by atoms with E-state index in [2.05, 4.69) is 20.4 Å². The third-order valence-corrected chi connectivity index (χ3v) is 6.08. The first-order valence-electron chi connectivity index (χ1n) is 9.52. The summed E-state index contributed by atoms with van der Waals surface area (Å²) in [4.78, 5) is 45.7. The molecule has 0 spiro atoms. The van der Waals surface area contributed by atoms with E-state index in [0.717, 1.165) is 27.4 Å². The van der Waals surface area contributed by atoms with Crippen molar-refractivity contribution in [3.05, 3.63) is 39.3 Å². The van der Waals surface area contributed by atoms with Crippen LogP contribution in [-0.4, -0.2) is 51.1 Å². The van der Waals surface area contributed by atoms with Crippen molar-refractivity contribution in [3.8, 4) is 0 Å². The molecule has 164 valence electrons. The average molecular weight is 446 g/mol. The van der Waals surface area contributed by atoms with Gasteiger partial charge in [0.05, 0.1) is 12.7 Å². The molecule has 0 atom stereocenters. The van der Waals surface area contributed by atoms with Crippen molar-refractivity contribution in [2.45, 2.75) is 40.5 Å². The lowest BCUT2D eigenvalue weighted by Crippen LogP contribution is -2.22. The highest BCUT2D eigenvalue weighted by molar-refractivity contribution is 7.16. The number of carbonyl (C=O) groups excluding carboxylic acids is 3. The molecule has 0 saturated carbocycles. The number of thiophene rings is 1. The Hall–Kier alpha value is -3.34. The number of anilines is 1. The topological polar surface area (TPSA) is 125 Å². The van der Waals surface area contributed by atoms with Crippen LogP contribution in [0, 0.1) is 27.7 Å². The number of nitrogens with one attached hydrogen (secondary N) is 1. The van der Waals surface area contributed by atoms with E-state index in [1.54, 1.807) is 11.4 Å². The first kappa shape index (κ1) is 22.3. The van der Waals surface area contributed by atoms with Gasteiger partial charge in [-0.3, -0.25) is 9.59 Å². The minimum Gasteiger partial charge on any atom is -0.465 e. The Kier molecular flexibility index (Phi) is 6.64. The molecule has 10 nitrogen and oxygen atoms in total. The van der Waals surface area contributed by atoms with E-state index in [-0.39, 0.29) is 6.42 Å². The molecule has 3 rings (SSSR count). The lowest BCUT2D eigenvalue weighted by atomic mass is 10.1. The number of carbonyl (C=O) groups is 3. The smallest absolute Gasteiger partial charge is 0.341 e. The Labute approximate surface area is 182 Å². The summed E-state index contributed by atoms with van der Waals surface area (Å²) >= 11 is 1.27. The molecule has 0 aliphatic carbocycles. The molecule has 0 aliphatic rings. The second-order valence-corrected chi connectivity index (χ2v) is 8.15. The van der Waals surface area contributed by atoms with Gasteiger partial charge in [-0.1, -0.05) is 0 Å². The summed E-state index contributed by atoms with van der Waals surface area (Å²) in [7, 11) is 1.28. The number of aromatic nitrogens is 4. The standard InChI is InChI=1S/C20H23N5O5S/c1-10-13(4)31-18(17(10)19(28)29-5)24-15(26)8-30-16(27)7-6-14-11(2)23-20-21-9-22-25(20)12(14)3/h9H,6-8H2,1-5H3,(H,24,26). The zero-order valence-corrected chi connectivity index (χ0v) is 18.8. The number of ether oxygens (including phenoxy) is 2. The minimum absolute atomic E-state index is 0.0848. The predicted molar refractivity (Wildman–Crippen MR) is 113 cm³/mol. The zero-order chi connectivity index (χ0) is 22.7. The highest BCUT2D eigenvalue weighted by atomic mass is 32.1. The van der Waals surface area contributed by atoms with Gasteiger partial charge in [-0.05, 0) is 45.2 Å². The molecular formula is C20H23N5O5S. The summed E-state index contributed by atoms with van der Waals surface area (Å²) in [6, 6.07) is 0. The molecular weight excluding hydrogens is 422 g/mol. The Balaban J connectivity index is 1.57. The zero-order valence-electron chi connectivity index (χ0n) is 17.9. The van der Waals surface area contributed by atoms with Gasteiger partial charge in [0.2, 0.25) is 0 Å². The van der Waals surface area contributed by atoms with E-state index in [1.165, 1.54) is 24.8 Å². The summed E-state index contributed by atoms with van der Waals surface area (Å²) in [6.07, 6.45) is 1.91. The third-order valence-electron chi connectivity index (χ3n) is 4.96. The summed E-state index contributed by atoms with van der Waals surface area (Å²) in [5.74, 6) is -1.07. The maximum atomic E-state index is 12.2. The van der Waals surface area contributed by atoms with Crippen LogP contribution in [0.1, 0.15) is 44.2 Å². The molecule has 0 saturated heterocycles.